The molecule has 37 heavy (non-hydrogen) atoms. The predicted octanol–water partition coefficient (Wildman–Crippen LogP) is 5.74. The number of nitrogens with one attached hydrogen (secondary N) is 1. The van der Waals surface area contributed by atoms with Gasteiger partial charge in [0.25, 0.3) is 11.8 Å². The van der Waals surface area contributed by atoms with Crippen LogP contribution in [0.3, 0.4) is 0 Å². The number of likely N-dealkylation sites (N-methyl/N-ethyl adjacent to an activating group) is 1. The Morgan fingerprint density at radius 3 is 2.30 bits per heavy atom. The van der Waals surface area contributed by atoms with Crippen LogP contribution in [0.15, 0.2) is 66.7 Å². The maximum absolute atomic E-state index is 12.9. The highest BCUT2D eigenvalue weighted by atomic mass is 35.5. The van der Waals surface area contributed by atoms with Gasteiger partial charge in [-0.3, -0.25) is 4.79 Å². The summed E-state index contributed by atoms with van der Waals surface area (Å²) in [5.74, 6) is 1.15. The number of carbonyl (C=O) groups is 1. The van der Waals surface area contributed by atoms with Crippen molar-refractivity contribution in [2.75, 3.05) is 50.6 Å². The van der Waals surface area contributed by atoms with Gasteiger partial charge in [-0.25, -0.2) is 9.97 Å². The summed E-state index contributed by atoms with van der Waals surface area (Å²) in [5.41, 5.74) is 4.76. The maximum Gasteiger partial charge on any atom is 0.258 e. The lowest BCUT2D eigenvalue weighted by Crippen LogP contribution is -2.23. The molecule has 0 saturated carbocycles. The molecule has 190 valence electrons. The highest BCUT2D eigenvalue weighted by molar-refractivity contribution is 6.30. The van der Waals surface area contributed by atoms with Gasteiger partial charge in [-0.05, 0) is 80.5 Å². The van der Waals surface area contributed by atoms with Gasteiger partial charge in [-0.1, -0.05) is 35.9 Å². The number of ether oxygens (including phenoxy) is 1. The van der Waals surface area contributed by atoms with Crippen molar-refractivity contribution < 1.29 is 9.53 Å². The first kappa shape index (κ1) is 25.0. The van der Waals surface area contributed by atoms with Crippen molar-refractivity contribution in [1.29, 1.82) is 0 Å². The summed E-state index contributed by atoms with van der Waals surface area (Å²) < 4.78 is 6.04. The summed E-state index contributed by atoms with van der Waals surface area (Å²) in [7, 11) is 4.03. The Morgan fingerprint density at radius 1 is 0.946 bits per heavy atom. The van der Waals surface area contributed by atoms with E-state index in [0.717, 1.165) is 60.5 Å². The number of fused-ring (bicyclic) bond motifs is 1. The van der Waals surface area contributed by atoms with Gasteiger partial charge in [-0.2, -0.15) is 0 Å². The third kappa shape index (κ3) is 6.01. The number of nitrogens with zero attached hydrogens (tertiary/aromatic N) is 4. The fourth-order valence-corrected chi connectivity index (χ4v) is 4.45. The van der Waals surface area contributed by atoms with Crippen LogP contribution in [0.25, 0.3) is 22.2 Å². The van der Waals surface area contributed by atoms with Crippen LogP contribution in [0.4, 0.5) is 11.5 Å². The van der Waals surface area contributed by atoms with Crippen LogP contribution < -0.4 is 15.0 Å². The standard InChI is InChI=1S/C29H30ClN5O2/c1-34(2)17-18-37-29-27(35-15-3-4-16-35)32-26-19-24(13-14-25(26)33-29)31-28(36)22-7-5-20(6-8-22)21-9-11-23(30)12-10-21/h5-14,19H,3-4,15-18H2,1-2H3,(H,31,36). The number of benzene rings is 3. The van der Waals surface area contributed by atoms with E-state index in [-0.39, 0.29) is 5.91 Å². The molecule has 7 nitrogen and oxygen atoms in total. The molecule has 0 aliphatic carbocycles. The van der Waals surface area contributed by atoms with E-state index in [9.17, 15) is 4.79 Å². The number of aromatic nitrogens is 2. The van der Waals surface area contributed by atoms with Crippen molar-refractivity contribution in [3.8, 4) is 17.0 Å². The van der Waals surface area contributed by atoms with E-state index in [4.69, 9.17) is 26.3 Å². The lowest BCUT2D eigenvalue weighted by atomic mass is 10.0. The summed E-state index contributed by atoms with van der Waals surface area (Å²) in [5, 5.41) is 3.69. The average molecular weight is 516 g/mol. The van der Waals surface area contributed by atoms with Crippen LogP contribution >= 0.6 is 11.6 Å². The van der Waals surface area contributed by atoms with E-state index in [1.807, 2.05) is 80.8 Å². The third-order valence-electron chi connectivity index (χ3n) is 6.38. The molecule has 1 saturated heterocycles. The molecule has 0 unspecified atom stereocenters. The van der Waals surface area contributed by atoms with Crippen LogP contribution in [0, 0.1) is 0 Å². The van der Waals surface area contributed by atoms with E-state index in [0.29, 0.717) is 28.8 Å². The van der Waals surface area contributed by atoms with E-state index in [1.54, 1.807) is 0 Å². The Labute approximate surface area is 222 Å². The number of carbonyl (C=O) groups excluding carboxylic acids is 1. The lowest BCUT2D eigenvalue weighted by molar-refractivity contribution is 0.102. The molecule has 1 aromatic heterocycles. The quantitative estimate of drug-likeness (QED) is 0.322. The number of rotatable bonds is 8. The Bertz CT molecular complexity index is 1380. The van der Waals surface area contributed by atoms with Gasteiger partial charge in [0.1, 0.15) is 6.61 Å². The zero-order valence-electron chi connectivity index (χ0n) is 21.1. The Morgan fingerprint density at radius 2 is 1.62 bits per heavy atom. The monoisotopic (exact) mass is 515 g/mol. The second-order valence-electron chi connectivity index (χ2n) is 9.44. The second kappa shape index (κ2) is 11.2. The molecule has 0 atom stereocenters. The highest BCUT2D eigenvalue weighted by Crippen LogP contribution is 2.31. The number of amides is 1. The van der Waals surface area contributed by atoms with Crippen molar-refractivity contribution in [3.05, 3.63) is 77.3 Å². The minimum absolute atomic E-state index is 0.182. The summed E-state index contributed by atoms with van der Waals surface area (Å²) in [6.45, 7) is 3.21. The van der Waals surface area contributed by atoms with Crippen LogP contribution in [-0.4, -0.2) is 61.1 Å². The molecular weight excluding hydrogens is 486 g/mol. The van der Waals surface area contributed by atoms with Crippen molar-refractivity contribution in [1.82, 2.24) is 14.9 Å². The minimum atomic E-state index is -0.182. The zero-order chi connectivity index (χ0) is 25.8. The molecular formula is C29H30ClN5O2. The lowest BCUT2D eigenvalue weighted by Gasteiger charge is -2.20. The smallest absolute Gasteiger partial charge is 0.258 e. The molecule has 0 radical (unpaired) electrons. The molecule has 1 aliphatic rings. The van der Waals surface area contributed by atoms with E-state index < -0.39 is 0 Å². The van der Waals surface area contributed by atoms with Gasteiger partial charge < -0.3 is 19.9 Å². The first-order valence-electron chi connectivity index (χ1n) is 12.5. The fraction of sp³-hybridized carbons (Fsp3) is 0.276. The van der Waals surface area contributed by atoms with Crippen molar-refractivity contribution in [2.45, 2.75) is 12.8 Å². The molecule has 1 amide bonds. The SMILES string of the molecule is CN(C)CCOc1nc2ccc(NC(=O)c3ccc(-c4ccc(Cl)cc4)cc3)cc2nc1N1CCCC1. The van der Waals surface area contributed by atoms with Gasteiger partial charge >= 0.3 is 0 Å². The largest absolute Gasteiger partial charge is 0.474 e. The molecule has 2 heterocycles. The van der Waals surface area contributed by atoms with Gasteiger partial charge in [0.2, 0.25) is 0 Å². The first-order valence-corrected chi connectivity index (χ1v) is 12.9. The summed E-state index contributed by atoms with van der Waals surface area (Å²) >= 11 is 5.99. The zero-order valence-corrected chi connectivity index (χ0v) is 21.8. The fourth-order valence-electron chi connectivity index (χ4n) is 4.32. The van der Waals surface area contributed by atoms with Crippen LogP contribution in [0.1, 0.15) is 23.2 Å². The van der Waals surface area contributed by atoms with Crippen molar-refractivity contribution in [2.24, 2.45) is 0 Å². The van der Waals surface area contributed by atoms with E-state index >= 15 is 0 Å². The van der Waals surface area contributed by atoms with Crippen LogP contribution in [0.5, 0.6) is 5.88 Å². The average Bonchev–Trinajstić information content (AvgIpc) is 3.44. The number of hydrogen-bond acceptors (Lipinski definition) is 6. The van der Waals surface area contributed by atoms with E-state index in [1.165, 1.54) is 0 Å². The summed E-state index contributed by atoms with van der Waals surface area (Å²) in [6, 6.07) is 20.7. The summed E-state index contributed by atoms with van der Waals surface area (Å²) in [4.78, 5) is 26.9. The van der Waals surface area contributed by atoms with Gasteiger partial charge in [0.05, 0.1) is 11.0 Å². The summed E-state index contributed by atoms with van der Waals surface area (Å²) in [6.07, 6.45) is 2.26. The Hall–Kier alpha value is -3.68. The minimum Gasteiger partial charge on any atom is -0.474 e. The highest BCUT2D eigenvalue weighted by Gasteiger charge is 2.21. The molecule has 1 N–H and O–H groups in total. The molecule has 0 spiro atoms. The number of anilines is 2. The molecule has 1 aliphatic heterocycles. The Balaban J connectivity index is 1.35. The van der Waals surface area contributed by atoms with Crippen LogP contribution in [0.2, 0.25) is 5.02 Å². The second-order valence-corrected chi connectivity index (χ2v) is 9.88. The predicted molar refractivity (Wildman–Crippen MR) is 150 cm³/mol. The number of halogens is 1. The first-order chi connectivity index (χ1) is 18.0. The maximum atomic E-state index is 12.9. The third-order valence-corrected chi connectivity index (χ3v) is 6.63. The molecule has 1 fully saturated rings. The number of hydrogen-bond donors (Lipinski definition) is 1. The Kier molecular flexibility index (Phi) is 7.53. The molecule has 4 aromatic rings. The van der Waals surface area contributed by atoms with Crippen LogP contribution in [-0.2, 0) is 0 Å². The van der Waals surface area contributed by atoms with Gasteiger partial charge in [0, 0.05) is 35.9 Å². The van der Waals surface area contributed by atoms with Gasteiger partial charge in [0.15, 0.2) is 5.82 Å². The van der Waals surface area contributed by atoms with Gasteiger partial charge in [-0.15, -0.1) is 0 Å². The molecule has 0 bridgehead atoms. The molecule has 8 heteroatoms. The molecule has 5 rings (SSSR count). The molecule has 3 aromatic carbocycles. The topological polar surface area (TPSA) is 70.6 Å². The van der Waals surface area contributed by atoms with Crippen molar-refractivity contribution >= 4 is 40.0 Å². The van der Waals surface area contributed by atoms with Crippen molar-refractivity contribution in [3.63, 3.8) is 0 Å². The van der Waals surface area contributed by atoms with E-state index in [2.05, 4.69) is 15.1 Å². The normalized spacial score (nSPS) is 13.4.